The number of carbonyl (C=O) groups excluding carboxylic acids is 2. The summed E-state index contributed by atoms with van der Waals surface area (Å²) in [4.78, 5) is 56.7. The highest BCUT2D eigenvalue weighted by Crippen LogP contribution is 2.34. The number of benzene rings is 2. The molecule has 0 saturated carbocycles. The minimum atomic E-state index is -0.772. The molecule has 5 rings (SSSR count). The van der Waals surface area contributed by atoms with Gasteiger partial charge in [-0.2, -0.15) is 5.10 Å². The minimum Gasteiger partial charge on any atom is -0.394 e. The molecule has 10 N–H and O–H groups in total. The van der Waals surface area contributed by atoms with Crippen LogP contribution in [0.2, 0.25) is 0 Å². The van der Waals surface area contributed by atoms with E-state index in [1.807, 2.05) is 19.1 Å². The molecule has 1 unspecified atom stereocenters. The van der Waals surface area contributed by atoms with Crippen molar-refractivity contribution in [1.82, 2.24) is 26.0 Å². The first-order valence-electron chi connectivity index (χ1n) is 13.8. The maximum atomic E-state index is 14.3. The van der Waals surface area contributed by atoms with Crippen molar-refractivity contribution >= 4 is 29.4 Å². The van der Waals surface area contributed by atoms with Crippen LogP contribution in [0, 0.1) is 12.7 Å². The van der Waals surface area contributed by atoms with Crippen molar-refractivity contribution in [3.05, 3.63) is 114 Å². The van der Waals surface area contributed by atoms with Gasteiger partial charge >= 0.3 is 0 Å². The number of hydrazone groups is 1. The van der Waals surface area contributed by atoms with Gasteiger partial charge < -0.3 is 27.5 Å². The fraction of sp³-hybridized carbons (Fsp3) is 0.233. The first kappa shape index (κ1) is 32.4. The standard InChI is InChI=1S/C29H27FN8O4.CH6N2/c1-14-16(12-37-32)3-4-19-18(14)5-7-21(19)38-29(42)23-9-22(35-13-36-23)28(41)34-10-15-2-6-20(30)17(8-15)11-33-25-24(31)26(39)27(25)40;1-3-2/h2-4,6,8-9,12-13,21,33H,5,7,10-11,31-32H2,1H3,(H,34,41)(H,38,42);3H,2H2,1H3/b37-12+;. The van der Waals surface area contributed by atoms with E-state index in [-0.39, 0.29) is 47.5 Å². The summed E-state index contributed by atoms with van der Waals surface area (Å²) in [6.07, 6.45) is 4.25. The molecule has 4 aromatic rings. The molecule has 0 radical (unpaired) electrons. The van der Waals surface area contributed by atoms with Gasteiger partial charge in [0.25, 0.3) is 22.7 Å². The van der Waals surface area contributed by atoms with Crippen molar-refractivity contribution in [2.45, 2.75) is 38.9 Å². The Morgan fingerprint density at radius 1 is 1.07 bits per heavy atom. The topological polar surface area (TPSA) is 233 Å². The number of nitrogens with one attached hydrogen (secondary N) is 4. The van der Waals surface area contributed by atoms with Crippen LogP contribution < -0.4 is 49.7 Å². The quantitative estimate of drug-likeness (QED) is 0.0590. The van der Waals surface area contributed by atoms with Crippen LogP contribution in [0.5, 0.6) is 0 Å². The highest BCUT2D eigenvalue weighted by atomic mass is 19.1. The number of amides is 2. The third-order valence-corrected chi connectivity index (χ3v) is 7.35. The largest absolute Gasteiger partial charge is 0.394 e. The zero-order valence-corrected chi connectivity index (χ0v) is 24.6. The molecule has 45 heavy (non-hydrogen) atoms. The van der Waals surface area contributed by atoms with Crippen molar-refractivity contribution in [2.75, 3.05) is 18.1 Å². The molecule has 0 spiro atoms. The molecule has 0 saturated heterocycles. The summed E-state index contributed by atoms with van der Waals surface area (Å²) in [7, 11) is 1.65. The SMILES string of the molecule is CNN.Cc1c(/C=N/N)ccc2c1CCC2NC(=O)c1cc(C(=O)NCc2ccc(F)c(CNc3c(N)c(=O)c3=O)c2)ncn1. The number of aromatic nitrogens is 2. The van der Waals surface area contributed by atoms with Crippen LogP contribution in [-0.4, -0.2) is 35.0 Å². The molecular weight excluding hydrogens is 583 g/mol. The molecule has 0 bridgehead atoms. The number of hydrogen-bond donors (Lipinski definition) is 7. The number of nitrogen functional groups attached to an aromatic ring is 1. The maximum absolute atomic E-state index is 14.3. The van der Waals surface area contributed by atoms with Gasteiger partial charge in [0, 0.05) is 24.7 Å². The normalized spacial score (nSPS) is 13.6. The first-order valence-corrected chi connectivity index (χ1v) is 13.8. The Morgan fingerprint density at radius 3 is 2.47 bits per heavy atom. The highest BCUT2D eigenvalue weighted by molar-refractivity contribution is 5.97. The molecule has 3 aromatic carbocycles. The average Bonchev–Trinajstić information content (AvgIpc) is 3.45. The number of hydrazine groups is 1. The average molecular weight is 617 g/mol. The van der Waals surface area contributed by atoms with Gasteiger partial charge in [-0.15, -0.1) is 0 Å². The van der Waals surface area contributed by atoms with Crippen LogP contribution in [0.4, 0.5) is 15.8 Å². The van der Waals surface area contributed by atoms with Crippen molar-refractivity contribution < 1.29 is 14.0 Å². The molecule has 0 fully saturated rings. The van der Waals surface area contributed by atoms with Crippen LogP contribution in [0.25, 0.3) is 0 Å². The molecule has 0 aliphatic heterocycles. The third-order valence-electron chi connectivity index (χ3n) is 7.35. The molecule has 1 aliphatic carbocycles. The van der Waals surface area contributed by atoms with Crippen LogP contribution in [-0.2, 0) is 19.5 Å². The third kappa shape index (κ3) is 7.17. The van der Waals surface area contributed by atoms with Gasteiger partial charge in [0.1, 0.15) is 34.9 Å². The second kappa shape index (κ2) is 14.3. The van der Waals surface area contributed by atoms with Crippen LogP contribution in [0.1, 0.15) is 66.8 Å². The zero-order valence-electron chi connectivity index (χ0n) is 24.6. The highest BCUT2D eigenvalue weighted by Gasteiger charge is 2.27. The van der Waals surface area contributed by atoms with E-state index in [1.54, 1.807) is 13.3 Å². The van der Waals surface area contributed by atoms with Gasteiger partial charge in [-0.05, 0) is 66.8 Å². The summed E-state index contributed by atoms with van der Waals surface area (Å²) in [5.74, 6) is 8.37. The monoisotopic (exact) mass is 616 g/mol. The smallest absolute Gasteiger partial charge is 0.270 e. The molecule has 1 atom stereocenters. The lowest BCUT2D eigenvalue weighted by Crippen LogP contribution is -2.37. The van der Waals surface area contributed by atoms with Gasteiger partial charge in [-0.3, -0.25) is 30.4 Å². The lowest BCUT2D eigenvalue weighted by atomic mass is 9.98. The van der Waals surface area contributed by atoms with Crippen molar-refractivity contribution in [3.63, 3.8) is 0 Å². The van der Waals surface area contributed by atoms with Gasteiger partial charge in [-0.25, -0.2) is 14.4 Å². The van der Waals surface area contributed by atoms with E-state index in [9.17, 15) is 23.6 Å². The Hall–Kier alpha value is -5.54. The summed E-state index contributed by atoms with van der Waals surface area (Å²) in [5.41, 5.74) is 11.0. The molecule has 234 valence electrons. The second-order valence-electron chi connectivity index (χ2n) is 10.2. The Balaban J connectivity index is 0.00000148. The number of fused-ring (bicyclic) bond motifs is 1. The van der Waals surface area contributed by atoms with E-state index in [1.165, 1.54) is 24.3 Å². The van der Waals surface area contributed by atoms with Crippen LogP contribution in [0.3, 0.4) is 0 Å². The van der Waals surface area contributed by atoms with E-state index in [2.05, 4.69) is 42.3 Å². The molecule has 1 heterocycles. The van der Waals surface area contributed by atoms with Crippen LogP contribution in [0.15, 0.2) is 57.4 Å². The predicted octanol–water partition coefficient (Wildman–Crippen LogP) is 0.434. The number of halogens is 1. The molecule has 15 heteroatoms. The second-order valence-corrected chi connectivity index (χ2v) is 10.2. The number of carbonyl (C=O) groups is 2. The van der Waals surface area contributed by atoms with E-state index in [0.29, 0.717) is 5.56 Å². The van der Waals surface area contributed by atoms with Gasteiger partial charge in [-0.1, -0.05) is 18.2 Å². The predicted molar refractivity (Wildman–Crippen MR) is 167 cm³/mol. The van der Waals surface area contributed by atoms with Crippen molar-refractivity contribution in [3.8, 4) is 0 Å². The number of anilines is 2. The fourth-order valence-corrected chi connectivity index (χ4v) is 5.02. The molecule has 2 amide bonds. The number of rotatable bonds is 9. The number of nitrogens with two attached hydrogens (primary N) is 3. The number of hydrogen-bond acceptors (Lipinski definition) is 12. The first-order chi connectivity index (χ1) is 21.6. The summed E-state index contributed by atoms with van der Waals surface area (Å²) < 4.78 is 14.3. The lowest BCUT2D eigenvalue weighted by Gasteiger charge is -2.15. The van der Waals surface area contributed by atoms with Gasteiger partial charge in [0.05, 0.1) is 12.3 Å². The molecule has 14 nitrogen and oxygen atoms in total. The number of nitrogens with zero attached hydrogens (tertiary/aromatic N) is 3. The van der Waals surface area contributed by atoms with E-state index in [0.717, 1.165) is 41.4 Å². The van der Waals surface area contributed by atoms with Crippen LogP contribution >= 0.6 is 0 Å². The van der Waals surface area contributed by atoms with Gasteiger partial charge in [0.15, 0.2) is 0 Å². The lowest BCUT2D eigenvalue weighted by molar-refractivity contribution is 0.0931. The Labute approximate surface area is 257 Å². The summed E-state index contributed by atoms with van der Waals surface area (Å²) >= 11 is 0. The Kier molecular flexibility index (Phi) is 10.3. The minimum absolute atomic E-state index is 0.0110. The Morgan fingerprint density at radius 2 is 1.78 bits per heavy atom. The molecule has 1 aliphatic rings. The summed E-state index contributed by atoms with van der Waals surface area (Å²) in [6, 6.07) is 9.20. The van der Waals surface area contributed by atoms with Crippen molar-refractivity contribution in [2.24, 2.45) is 16.8 Å². The summed E-state index contributed by atoms with van der Waals surface area (Å²) in [5, 5.41) is 12.0. The van der Waals surface area contributed by atoms with Crippen molar-refractivity contribution in [1.29, 1.82) is 0 Å². The molecular formula is C30H33FN10O4. The fourth-order valence-electron chi connectivity index (χ4n) is 5.02. The van der Waals surface area contributed by atoms with E-state index >= 15 is 0 Å². The van der Waals surface area contributed by atoms with Gasteiger partial charge in [0.2, 0.25) is 0 Å². The summed E-state index contributed by atoms with van der Waals surface area (Å²) in [6.45, 7) is 1.95. The van der Waals surface area contributed by atoms with E-state index in [4.69, 9.17) is 11.6 Å². The van der Waals surface area contributed by atoms with E-state index < -0.39 is 28.5 Å². The maximum Gasteiger partial charge on any atom is 0.270 e. The Bertz CT molecular complexity index is 1830. The zero-order chi connectivity index (χ0) is 32.7. The molecule has 1 aromatic heterocycles.